The summed E-state index contributed by atoms with van der Waals surface area (Å²) in [7, 11) is 0. The molecule has 0 amide bonds. The molecule has 3 nitrogen and oxygen atoms in total. The summed E-state index contributed by atoms with van der Waals surface area (Å²) < 4.78 is 0.800. The Morgan fingerprint density at radius 1 is 1.11 bits per heavy atom. The van der Waals surface area contributed by atoms with Crippen molar-refractivity contribution in [1.29, 1.82) is 0 Å². The van der Waals surface area contributed by atoms with Crippen molar-refractivity contribution >= 4 is 21.7 Å². The van der Waals surface area contributed by atoms with Crippen LogP contribution in [0.3, 0.4) is 0 Å². The molecule has 1 heterocycles. The molecule has 1 atom stereocenters. The molecule has 0 saturated carbocycles. The number of anilines is 1. The summed E-state index contributed by atoms with van der Waals surface area (Å²) in [6.07, 6.45) is 0. The Balaban J connectivity index is 2.15. The lowest BCUT2D eigenvalue weighted by atomic mass is 10.1. The fourth-order valence-corrected chi connectivity index (χ4v) is 2.24. The lowest BCUT2D eigenvalue weighted by molar-refractivity contribution is 0.864. The van der Waals surface area contributed by atoms with E-state index in [1.807, 2.05) is 13.0 Å². The van der Waals surface area contributed by atoms with Crippen molar-refractivity contribution in [2.45, 2.75) is 26.8 Å². The molecule has 2 rings (SSSR count). The molecule has 0 saturated heterocycles. The molecular formula is C14H16BrN3. The topological polar surface area (TPSA) is 37.8 Å². The summed E-state index contributed by atoms with van der Waals surface area (Å²) >= 11 is 3.38. The second-order valence-electron chi connectivity index (χ2n) is 4.40. The first-order valence-corrected chi connectivity index (χ1v) is 6.68. The number of rotatable bonds is 3. The van der Waals surface area contributed by atoms with Crippen LogP contribution in [0.15, 0.2) is 34.9 Å². The van der Waals surface area contributed by atoms with Crippen LogP contribution in [-0.4, -0.2) is 9.97 Å². The van der Waals surface area contributed by atoms with Gasteiger partial charge in [0.1, 0.15) is 16.2 Å². The van der Waals surface area contributed by atoms with Crippen LogP contribution in [-0.2, 0) is 0 Å². The van der Waals surface area contributed by atoms with Gasteiger partial charge in [-0.25, -0.2) is 9.97 Å². The van der Waals surface area contributed by atoms with Gasteiger partial charge < -0.3 is 5.32 Å². The highest BCUT2D eigenvalue weighted by molar-refractivity contribution is 9.10. The van der Waals surface area contributed by atoms with E-state index in [4.69, 9.17) is 0 Å². The molecule has 4 heteroatoms. The maximum Gasteiger partial charge on any atom is 0.131 e. The lowest BCUT2D eigenvalue weighted by Crippen LogP contribution is -2.08. The van der Waals surface area contributed by atoms with E-state index in [0.717, 1.165) is 16.2 Å². The zero-order chi connectivity index (χ0) is 13.1. The van der Waals surface area contributed by atoms with Crippen LogP contribution < -0.4 is 5.32 Å². The molecule has 0 fully saturated rings. The van der Waals surface area contributed by atoms with E-state index in [2.05, 4.69) is 69.3 Å². The second kappa shape index (κ2) is 5.48. The predicted molar refractivity (Wildman–Crippen MR) is 77.7 cm³/mol. The first kappa shape index (κ1) is 13.0. The summed E-state index contributed by atoms with van der Waals surface area (Å²) in [5, 5.41) is 3.38. The minimum Gasteiger partial charge on any atom is -0.363 e. The predicted octanol–water partition coefficient (Wildman–Crippen LogP) is 4.03. The standard InChI is InChI=1S/C14H16BrN3/c1-9-4-6-12(7-5-9)10(2)16-14-8-13(15)17-11(3)18-14/h4-8,10H,1-3H3,(H,16,17,18). The number of aryl methyl sites for hydroxylation is 2. The highest BCUT2D eigenvalue weighted by Gasteiger charge is 2.07. The highest BCUT2D eigenvalue weighted by atomic mass is 79.9. The van der Waals surface area contributed by atoms with Crippen LogP contribution in [0.1, 0.15) is 29.9 Å². The van der Waals surface area contributed by atoms with Crippen LogP contribution in [0.5, 0.6) is 0 Å². The zero-order valence-electron chi connectivity index (χ0n) is 10.7. The van der Waals surface area contributed by atoms with E-state index >= 15 is 0 Å². The molecule has 1 N–H and O–H groups in total. The monoisotopic (exact) mass is 305 g/mol. The van der Waals surface area contributed by atoms with E-state index in [-0.39, 0.29) is 6.04 Å². The van der Waals surface area contributed by atoms with Crippen LogP contribution in [0.25, 0.3) is 0 Å². The maximum atomic E-state index is 4.36. The normalized spacial score (nSPS) is 12.2. The van der Waals surface area contributed by atoms with Gasteiger partial charge in [-0.3, -0.25) is 0 Å². The number of halogens is 1. The number of benzene rings is 1. The van der Waals surface area contributed by atoms with E-state index in [1.165, 1.54) is 11.1 Å². The molecule has 0 aliphatic heterocycles. The third-order valence-electron chi connectivity index (χ3n) is 2.75. The SMILES string of the molecule is Cc1ccc(C(C)Nc2cc(Br)nc(C)n2)cc1. The van der Waals surface area contributed by atoms with Gasteiger partial charge >= 0.3 is 0 Å². The van der Waals surface area contributed by atoms with Crippen molar-refractivity contribution in [2.75, 3.05) is 5.32 Å². The molecule has 1 unspecified atom stereocenters. The summed E-state index contributed by atoms with van der Waals surface area (Å²) in [6.45, 7) is 6.09. The van der Waals surface area contributed by atoms with Gasteiger partial charge in [0.05, 0.1) is 0 Å². The molecular weight excluding hydrogens is 290 g/mol. The van der Waals surface area contributed by atoms with Crippen molar-refractivity contribution in [3.8, 4) is 0 Å². The Labute approximate surface area is 116 Å². The summed E-state index contributed by atoms with van der Waals surface area (Å²) in [4.78, 5) is 8.56. The van der Waals surface area contributed by atoms with Gasteiger partial charge in [-0.15, -0.1) is 0 Å². The number of aromatic nitrogens is 2. The number of hydrogen-bond donors (Lipinski definition) is 1. The van der Waals surface area contributed by atoms with E-state index in [0.29, 0.717) is 0 Å². The lowest BCUT2D eigenvalue weighted by Gasteiger charge is -2.15. The third kappa shape index (κ3) is 3.29. The van der Waals surface area contributed by atoms with Crippen molar-refractivity contribution in [1.82, 2.24) is 9.97 Å². The molecule has 0 aliphatic carbocycles. The Hall–Kier alpha value is -1.42. The van der Waals surface area contributed by atoms with E-state index < -0.39 is 0 Å². The summed E-state index contributed by atoms with van der Waals surface area (Å²) in [6, 6.07) is 10.6. The minimum atomic E-state index is 0.215. The molecule has 18 heavy (non-hydrogen) atoms. The van der Waals surface area contributed by atoms with Gasteiger partial charge in [-0.1, -0.05) is 29.8 Å². The molecule has 0 radical (unpaired) electrons. The molecule has 1 aromatic carbocycles. The van der Waals surface area contributed by atoms with Crippen LogP contribution in [0.4, 0.5) is 5.82 Å². The van der Waals surface area contributed by atoms with Crippen molar-refractivity contribution < 1.29 is 0 Å². The van der Waals surface area contributed by atoms with Crippen molar-refractivity contribution in [2.24, 2.45) is 0 Å². The molecule has 2 aromatic rings. The molecule has 0 bridgehead atoms. The van der Waals surface area contributed by atoms with E-state index in [9.17, 15) is 0 Å². The van der Waals surface area contributed by atoms with Crippen LogP contribution in [0, 0.1) is 13.8 Å². The first-order chi connectivity index (χ1) is 8.54. The largest absolute Gasteiger partial charge is 0.363 e. The highest BCUT2D eigenvalue weighted by Crippen LogP contribution is 2.20. The number of nitrogens with one attached hydrogen (secondary N) is 1. The third-order valence-corrected chi connectivity index (χ3v) is 3.15. The Morgan fingerprint density at radius 3 is 2.39 bits per heavy atom. The van der Waals surface area contributed by atoms with Gasteiger partial charge in [0.25, 0.3) is 0 Å². The quantitative estimate of drug-likeness (QED) is 0.870. The van der Waals surface area contributed by atoms with Gasteiger partial charge in [-0.2, -0.15) is 0 Å². The minimum absolute atomic E-state index is 0.215. The number of nitrogens with zero attached hydrogens (tertiary/aromatic N) is 2. The molecule has 0 spiro atoms. The molecule has 1 aromatic heterocycles. The average molecular weight is 306 g/mol. The Kier molecular flexibility index (Phi) is 3.97. The van der Waals surface area contributed by atoms with Crippen molar-refractivity contribution in [3.63, 3.8) is 0 Å². The fourth-order valence-electron chi connectivity index (χ4n) is 1.77. The second-order valence-corrected chi connectivity index (χ2v) is 5.21. The zero-order valence-corrected chi connectivity index (χ0v) is 12.3. The first-order valence-electron chi connectivity index (χ1n) is 5.89. The maximum absolute atomic E-state index is 4.36. The summed E-state index contributed by atoms with van der Waals surface area (Å²) in [5.74, 6) is 1.59. The average Bonchev–Trinajstić information content (AvgIpc) is 2.28. The molecule has 94 valence electrons. The Bertz CT molecular complexity index is 517. The van der Waals surface area contributed by atoms with Gasteiger partial charge in [0.15, 0.2) is 0 Å². The van der Waals surface area contributed by atoms with Gasteiger partial charge in [-0.05, 0) is 42.3 Å². The van der Waals surface area contributed by atoms with Gasteiger partial charge in [0.2, 0.25) is 0 Å². The number of hydrogen-bond acceptors (Lipinski definition) is 3. The summed E-state index contributed by atoms with van der Waals surface area (Å²) in [5.41, 5.74) is 2.51. The molecule has 0 aliphatic rings. The van der Waals surface area contributed by atoms with Crippen molar-refractivity contribution in [3.05, 3.63) is 51.9 Å². The van der Waals surface area contributed by atoms with E-state index in [1.54, 1.807) is 0 Å². The van der Waals surface area contributed by atoms with Crippen LogP contribution >= 0.6 is 15.9 Å². The Morgan fingerprint density at radius 2 is 1.78 bits per heavy atom. The smallest absolute Gasteiger partial charge is 0.131 e. The fraction of sp³-hybridized carbons (Fsp3) is 0.286. The van der Waals surface area contributed by atoms with Crippen LogP contribution in [0.2, 0.25) is 0 Å². The van der Waals surface area contributed by atoms with Gasteiger partial charge in [0, 0.05) is 12.1 Å².